The number of aromatic hydroxyl groups is 1. The van der Waals surface area contributed by atoms with Crippen molar-refractivity contribution in [3.8, 4) is 17.3 Å². The Balaban J connectivity index is 2.33. The number of aromatic amines is 1. The Hall–Kier alpha value is -1.23. The molecule has 2 rings (SSSR count). The lowest BCUT2D eigenvalue weighted by Crippen LogP contribution is -2.12. The Morgan fingerprint density at radius 3 is 2.35 bits per heavy atom. The first-order valence-electron chi connectivity index (χ1n) is 5.11. The van der Waals surface area contributed by atoms with Gasteiger partial charge in [0.1, 0.15) is 9.39 Å². The number of alkyl halides is 3. The molecule has 0 atom stereocenters. The van der Waals surface area contributed by atoms with Gasteiger partial charge in [0, 0.05) is 10.5 Å². The first kappa shape index (κ1) is 15.2. The van der Waals surface area contributed by atoms with Crippen molar-refractivity contribution in [2.24, 2.45) is 0 Å². The number of thioether (sulfide) groups is 1. The van der Waals surface area contributed by atoms with E-state index in [2.05, 4.69) is 9.97 Å². The topological polar surface area (TPSA) is 66.0 Å². The molecule has 0 aliphatic heterocycles. The smallest absolute Gasteiger partial charge is 0.446 e. The molecule has 2 aromatic rings. The van der Waals surface area contributed by atoms with Gasteiger partial charge in [-0.2, -0.15) is 18.2 Å². The van der Waals surface area contributed by atoms with E-state index in [9.17, 15) is 23.1 Å². The molecule has 0 saturated heterocycles. The molecule has 0 fully saturated rings. The van der Waals surface area contributed by atoms with Crippen LogP contribution in [0.2, 0.25) is 0 Å². The van der Waals surface area contributed by atoms with Crippen LogP contribution in [0, 0.1) is 3.57 Å². The second-order valence-corrected chi connectivity index (χ2v) is 5.84. The number of nitrogens with zero attached hydrogens (tertiary/aromatic N) is 1. The molecule has 0 spiro atoms. The summed E-state index contributed by atoms with van der Waals surface area (Å²) in [5.41, 5.74) is -4.46. The summed E-state index contributed by atoms with van der Waals surface area (Å²) in [7, 11) is 0. The van der Waals surface area contributed by atoms with Crippen LogP contribution >= 0.6 is 34.4 Å². The van der Waals surface area contributed by atoms with Crippen molar-refractivity contribution in [3.05, 3.63) is 38.2 Å². The third-order valence-corrected chi connectivity index (χ3v) is 3.92. The highest BCUT2D eigenvalue weighted by Crippen LogP contribution is 2.37. The van der Waals surface area contributed by atoms with Gasteiger partial charge < -0.3 is 10.1 Å². The highest BCUT2D eigenvalue weighted by atomic mass is 127. The van der Waals surface area contributed by atoms with E-state index >= 15 is 0 Å². The lowest BCUT2D eigenvalue weighted by Gasteiger charge is -2.06. The van der Waals surface area contributed by atoms with E-state index in [1.54, 1.807) is 22.6 Å². The molecule has 0 radical (unpaired) electrons. The minimum absolute atomic E-state index is 0.0262. The minimum Gasteiger partial charge on any atom is -0.492 e. The molecule has 106 valence electrons. The van der Waals surface area contributed by atoms with E-state index in [4.69, 9.17) is 0 Å². The zero-order valence-corrected chi connectivity index (χ0v) is 12.5. The van der Waals surface area contributed by atoms with Crippen LogP contribution in [0.4, 0.5) is 13.2 Å². The fraction of sp³-hybridized carbons (Fsp3) is 0.0909. The molecule has 0 unspecified atom stereocenters. The van der Waals surface area contributed by atoms with Crippen molar-refractivity contribution in [2.45, 2.75) is 10.4 Å². The van der Waals surface area contributed by atoms with Gasteiger partial charge in [-0.1, -0.05) is 12.1 Å². The van der Waals surface area contributed by atoms with Crippen LogP contribution in [0.5, 0.6) is 5.88 Å². The van der Waals surface area contributed by atoms with Crippen LogP contribution in [0.25, 0.3) is 11.4 Å². The molecular weight excluding hydrogens is 408 g/mol. The van der Waals surface area contributed by atoms with Gasteiger partial charge in [-0.3, -0.25) is 4.79 Å². The Morgan fingerprint density at radius 2 is 1.85 bits per heavy atom. The van der Waals surface area contributed by atoms with Crippen molar-refractivity contribution in [2.75, 3.05) is 0 Å². The molecule has 0 amide bonds. The van der Waals surface area contributed by atoms with Crippen LogP contribution in [-0.4, -0.2) is 20.6 Å². The summed E-state index contributed by atoms with van der Waals surface area (Å²) in [6.45, 7) is 0. The number of nitrogens with one attached hydrogen (secondary N) is 1. The highest BCUT2D eigenvalue weighted by molar-refractivity contribution is 14.1. The Kier molecular flexibility index (Phi) is 4.28. The molecule has 4 nitrogen and oxygen atoms in total. The van der Waals surface area contributed by atoms with Gasteiger partial charge >= 0.3 is 5.51 Å². The van der Waals surface area contributed by atoms with Crippen LogP contribution in [0.1, 0.15) is 0 Å². The standard InChI is InChI=1S/C11H6F3IN2O2S/c12-11(13,14)20-6-3-1-5(2-4-6)8-16-9(18)7(15)10(19)17-8/h1-4H,(H2,16,17,18,19). The lowest BCUT2D eigenvalue weighted by atomic mass is 10.2. The van der Waals surface area contributed by atoms with Gasteiger partial charge in [-0.25, -0.2) is 0 Å². The monoisotopic (exact) mass is 414 g/mol. The Labute approximate surface area is 128 Å². The zero-order valence-electron chi connectivity index (χ0n) is 9.53. The predicted molar refractivity (Wildman–Crippen MR) is 76.6 cm³/mol. The summed E-state index contributed by atoms with van der Waals surface area (Å²) in [6, 6.07) is 5.31. The number of H-pyrrole nitrogens is 1. The number of halogens is 4. The summed E-state index contributed by atoms with van der Waals surface area (Å²) in [4.78, 5) is 17.7. The first-order chi connectivity index (χ1) is 9.26. The van der Waals surface area contributed by atoms with Crippen LogP contribution in [0.15, 0.2) is 34.0 Å². The van der Waals surface area contributed by atoms with Crippen LogP contribution in [0.3, 0.4) is 0 Å². The minimum atomic E-state index is -4.35. The second kappa shape index (κ2) is 5.64. The Bertz CT molecular complexity index is 686. The van der Waals surface area contributed by atoms with E-state index in [1.165, 1.54) is 24.3 Å². The zero-order chi connectivity index (χ0) is 14.9. The largest absolute Gasteiger partial charge is 0.492 e. The fourth-order valence-electron chi connectivity index (χ4n) is 1.40. The third kappa shape index (κ3) is 3.66. The molecule has 20 heavy (non-hydrogen) atoms. The van der Waals surface area contributed by atoms with Crippen molar-refractivity contribution >= 4 is 34.4 Å². The summed E-state index contributed by atoms with van der Waals surface area (Å²) >= 11 is 1.41. The highest BCUT2D eigenvalue weighted by Gasteiger charge is 2.29. The number of benzene rings is 1. The summed E-state index contributed by atoms with van der Waals surface area (Å²) in [5.74, 6) is -0.324. The number of hydrogen-bond donors (Lipinski definition) is 2. The lowest BCUT2D eigenvalue weighted by molar-refractivity contribution is -0.0328. The van der Waals surface area contributed by atoms with Gasteiger partial charge in [-0.15, -0.1) is 0 Å². The summed E-state index contributed by atoms with van der Waals surface area (Å²) in [5, 5.41) is 9.46. The average molecular weight is 414 g/mol. The fourth-order valence-corrected chi connectivity index (χ4v) is 2.19. The summed E-state index contributed by atoms with van der Waals surface area (Å²) in [6.07, 6.45) is 0. The van der Waals surface area contributed by atoms with Gasteiger partial charge in [0.15, 0.2) is 0 Å². The molecule has 9 heteroatoms. The van der Waals surface area contributed by atoms with Crippen LogP contribution < -0.4 is 5.56 Å². The van der Waals surface area contributed by atoms with E-state index in [0.29, 0.717) is 5.56 Å². The third-order valence-electron chi connectivity index (χ3n) is 2.21. The Morgan fingerprint density at radius 1 is 1.25 bits per heavy atom. The maximum Gasteiger partial charge on any atom is 0.446 e. The van der Waals surface area contributed by atoms with E-state index in [-0.39, 0.29) is 26.1 Å². The van der Waals surface area contributed by atoms with Gasteiger partial charge in [0.05, 0.1) is 0 Å². The van der Waals surface area contributed by atoms with Crippen molar-refractivity contribution in [1.82, 2.24) is 9.97 Å². The number of hydrogen-bond acceptors (Lipinski definition) is 4. The number of rotatable bonds is 2. The van der Waals surface area contributed by atoms with Crippen molar-refractivity contribution in [1.29, 1.82) is 0 Å². The molecule has 1 aromatic heterocycles. The number of aromatic nitrogens is 2. The van der Waals surface area contributed by atoms with Crippen molar-refractivity contribution in [3.63, 3.8) is 0 Å². The van der Waals surface area contributed by atoms with Gasteiger partial charge in [0.2, 0.25) is 5.88 Å². The molecule has 2 N–H and O–H groups in total. The van der Waals surface area contributed by atoms with E-state index < -0.39 is 16.9 Å². The quantitative estimate of drug-likeness (QED) is 0.585. The van der Waals surface area contributed by atoms with E-state index in [1.807, 2.05) is 0 Å². The molecular formula is C11H6F3IN2O2S. The van der Waals surface area contributed by atoms with Crippen LogP contribution in [-0.2, 0) is 0 Å². The molecule has 1 aromatic carbocycles. The maximum absolute atomic E-state index is 12.2. The van der Waals surface area contributed by atoms with Crippen molar-refractivity contribution < 1.29 is 18.3 Å². The second-order valence-electron chi connectivity index (χ2n) is 3.62. The normalized spacial score (nSPS) is 11.6. The summed E-state index contributed by atoms with van der Waals surface area (Å²) < 4.78 is 36.6. The average Bonchev–Trinajstić information content (AvgIpc) is 2.34. The van der Waals surface area contributed by atoms with E-state index in [0.717, 1.165) is 0 Å². The molecule has 1 heterocycles. The molecule has 0 aliphatic rings. The predicted octanol–water partition coefficient (Wildman–Crippen LogP) is 3.36. The maximum atomic E-state index is 12.2. The molecule has 0 bridgehead atoms. The molecule has 0 aliphatic carbocycles. The first-order valence-corrected chi connectivity index (χ1v) is 7.01. The van der Waals surface area contributed by atoms with Gasteiger partial charge in [0.25, 0.3) is 5.56 Å². The van der Waals surface area contributed by atoms with Gasteiger partial charge in [-0.05, 0) is 46.5 Å². The molecule has 0 saturated carbocycles. The SMILES string of the molecule is O=c1[nH]c(-c2ccc(SC(F)(F)F)cc2)nc(O)c1I.